The molecule has 0 saturated carbocycles. The molecule has 0 amide bonds. The third kappa shape index (κ3) is 3.83. The summed E-state index contributed by atoms with van der Waals surface area (Å²) in [5, 5.41) is 2.72. The fourth-order valence-electron chi connectivity index (χ4n) is 2.73. The van der Waals surface area contributed by atoms with E-state index in [1.165, 1.54) is 23.5 Å². The first-order chi connectivity index (χ1) is 13.5. The van der Waals surface area contributed by atoms with Crippen LogP contribution >= 0.6 is 34.5 Å². The summed E-state index contributed by atoms with van der Waals surface area (Å²) in [6.07, 6.45) is 1.69. The lowest BCUT2D eigenvalue weighted by Crippen LogP contribution is -2.10. The van der Waals surface area contributed by atoms with Gasteiger partial charge in [-0.05, 0) is 41.8 Å². The maximum atomic E-state index is 12.6. The summed E-state index contributed by atoms with van der Waals surface area (Å²) in [5.74, 6) is 0.0610. The van der Waals surface area contributed by atoms with Gasteiger partial charge in [-0.1, -0.05) is 35.3 Å². The van der Waals surface area contributed by atoms with Crippen LogP contribution in [0.25, 0.3) is 6.08 Å². The number of halogens is 2. The molecular formula is C21H12Cl2O4S. The van der Waals surface area contributed by atoms with Gasteiger partial charge in [-0.3, -0.25) is 9.59 Å². The molecule has 140 valence electrons. The maximum Gasteiger partial charge on any atom is 0.316 e. The van der Waals surface area contributed by atoms with Crippen molar-refractivity contribution >= 4 is 52.4 Å². The van der Waals surface area contributed by atoms with E-state index in [2.05, 4.69) is 0 Å². The number of ketones is 1. The van der Waals surface area contributed by atoms with E-state index < -0.39 is 0 Å². The second-order valence-electron chi connectivity index (χ2n) is 5.96. The third-order valence-corrected chi connectivity index (χ3v) is 5.58. The molecule has 0 N–H and O–H groups in total. The Kier molecular flexibility index (Phi) is 5.22. The average Bonchev–Trinajstić information content (AvgIpc) is 3.26. The molecule has 4 rings (SSSR count). The van der Waals surface area contributed by atoms with Gasteiger partial charge in [0, 0.05) is 26.6 Å². The Bertz CT molecular complexity index is 1080. The molecule has 2 heterocycles. The molecule has 0 saturated heterocycles. The summed E-state index contributed by atoms with van der Waals surface area (Å²) in [7, 11) is 0. The summed E-state index contributed by atoms with van der Waals surface area (Å²) in [5.41, 5.74) is 0.886. The second-order valence-corrected chi connectivity index (χ2v) is 7.81. The molecular weight excluding hydrogens is 419 g/mol. The fraction of sp³-hybridized carbons (Fsp3) is 0.0476. The molecule has 0 radical (unpaired) electrons. The lowest BCUT2D eigenvalue weighted by atomic mass is 10.1. The first kappa shape index (κ1) is 18.7. The van der Waals surface area contributed by atoms with E-state index in [-0.39, 0.29) is 23.9 Å². The number of Topliss-reactive ketones (excluding diaryl/α,β-unsaturated/α-hetero) is 1. The molecule has 0 bridgehead atoms. The molecule has 28 heavy (non-hydrogen) atoms. The highest BCUT2D eigenvalue weighted by molar-refractivity contribution is 7.10. The standard InChI is InChI=1S/C21H12Cl2O4S/c22-16-4-1-5-17(23)15(16)11-19-21(25)14-7-6-12(9-18(14)27-19)26-20(24)10-13-3-2-8-28-13/h1-9,11H,10H2/b19-11-. The van der Waals surface area contributed by atoms with Crippen molar-refractivity contribution in [2.75, 3.05) is 0 Å². The minimum atomic E-state index is -0.384. The van der Waals surface area contributed by atoms with Crippen LogP contribution in [-0.4, -0.2) is 11.8 Å². The Morgan fingerprint density at radius 1 is 1.11 bits per heavy atom. The third-order valence-electron chi connectivity index (χ3n) is 4.05. The van der Waals surface area contributed by atoms with Gasteiger partial charge in [-0.15, -0.1) is 11.3 Å². The van der Waals surface area contributed by atoms with Gasteiger partial charge < -0.3 is 9.47 Å². The van der Waals surface area contributed by atoms with Gasteiger partial charge in [0.05, 0.1) is 12.0 Å². The minimum Gasteiger partial charge on any atom is -0.452 e. The Labute approximate surface area is 174 Å². The molecule has 0 aliphatic carbocycles. The first-order valence-electron chi connectivity index (χ1n) is 8.26. The number of carbonyl (C=O) groups excluding carboxylic acids is 2. The predicted octanol–water partition coefficient (Wildman–Crippen LogP) is 5.82. The summed E-state index contributed by atoms with van der Waals surface area (Å²) < 4.78 is 11.0. The number of allylic oxidation sites excluding steroid dienone is 1. The van der Waals surface area contributed by atoms with Crippen LogP contribution in [0.15, 0.2) is 59.7 Å². The van der Waals surface area contributed by atoms with Gasteiger partial charge in [0.25, 0.3) is 0 Å². The van der Waals surface area contributed by atoms with Gasteiger partial charge in [0.15, 0.2) is 5.76 Å². The van der Waals surface area contributed by atoms with E-state index in [4.69, 9.17) is 32.7 Å². The van der Waals surface area contributed by atoms with Crippen LogP contribution in [0.5, 0.6) is 11.5 Å². The van der Waals surface area contributed by atoms with Crippen LogP contribution in [-0.2, 0) is 11.2 Å². The molecule has 1 aliphatic rings. The number of benzene rings is 2. The van der Waals surface area contributed by atoms with Crippen molar-refractivity contribution in [3.63, 3.8) is 0 Å². The van der Waals surface area contributed by atoms with E-state index in [0.29, 0.717) is 32.7 Å². The number of hydrogen-bond donors (Lipinski definition) is 0. The molecule has 0 spiro atoms. The highest BCUT2D eigenvalue weighted by Gasteiger charge is 2.28. The van der Waals surface area contributed by atoms with Gasteiger partial charge >= 0.3 is 5.97 Å². The summed E-state index contributed by atoms with van der Waals surface area (Å²) >= 11 is 13.8. The molecule has 3 aromatic rings. The van der Waals surface area contributed by atoms with E-state index in [1.54, 1.807) is 30.3 Å². The molecule has 0 fully saturated rings. The Morgan fingerprint density at radius 2 is 1.89 bits per heavy atom. The molecule has 0 unspecified atom stereocenters. The van der Waals surface area contributed by atoms with Crippen molar-refractivity contribution in [1.29, 1.82) is 0 Å². The number of ether oxygens (including phenoxy) is 2. The zero-order valence-electron chi connectivity index (χ0n) is 14.3. The Hall–Kier alpha value is -2.60. The number of fused-ring (bicyclic) bond motifs is 1. The van der Waals surface area contributed by atoms with Crippen molar-refractivity contribution in [2.24, 2.45) is 0 Å². The minimum absolute atomic E-state index is 0.104. The lowest BCUT2D eigenvalue weighted by Gasteiger charge is -2.05. The molecule has 1 aliphatic heterocycles. The highest BCUT2D eigenvalue weighted by Crippen LogP contribution is 2.36. The normalized spacial score (nSPS) is 14.1. The molecule has 0 atom stereocenters. The number of rotatable bonds is 4. The predicted molar refractivity (Wildman–Crippen MR) is 109 cm³/mol. The zero-order valence-corrected chi connectivity index (χ0v) is 16.6. The zero-order chi connectivity index (χ0) is 19.7. The van der Waals surface area contributed by atoms with Gasteiger partial charge in [-0.25, -0.2) is 0 Å². The molecule has 4 nitrogen and oxygen atoms in total. The molecule has 1 aromatic heterocycles. The van der Waals surface area contributed by atoms with Gasteiger partial charge in [0.2, 0.25) is 5.78 Å². The largest absolute Gasteiger partial charge is 0.452 e. The quantitative estimate of drug-likeness (QED) is 0.297. The fourth-order valence-corrected chi connectivity index (χ4v) is 3.93. The monoisotopic (exact) mass is 430 g/mol. The number of esters is 1. The van der Waals surface area contributed by atoms with Crippen molar-refractivity contribution < 1.29 is 19.1 Å². The number of carbonyl (C=O) groups is 2. The Balaban J connectivity index is 1.54. The van der Waals surface area contributed by atoms with Gasteiger partial charge in [-0.2, -0.15) is 0 Å². The number of thiophene rings is 1. The maximum absolute atomic E-state index is 12.6. The number of hydrogen-bond acceptors (Lipinski definition) is 5. The van der Waals surface area contributed by atoms with Gasteiger partial charge in [0.1, 0.15) is 11.5 Å². The van der Waals surface area contributed by atoms with Crippen molar-refractivity contribution in [2.45, 2.75) is 6.42 Å². The van der Waals surface area contributed by atoms with E-state index in [9.17, 15) is 9.59 Å². The van der Waals surface area contributed by atoms with Crippen LogP contribution in [0.2, 0.25) is 10.0 Å². The summed E-state index contributed by atoms with van der Waals surface area (Å²) in [4.78, 5) is 25.6. The smallest absolute Gasteiger partial charge is 0.316 e. The van der Waals surface area contributed by atoms with E-state index >= 15 is 0 Å². The summed E-state index contributed by atoms with van der Waals surface area (Å²) in [6.45, 7) is 0. The topological polar surface area (TPSA) is 52.6 Å². The van der Waals surface area contributed by atoms with Crippen LogP contribution in [0.4, 0.5) is 0 Å². The lowest BCUT2D eigenvalue weighted by molar-refractivity contribution is -0.133. The van der Waals surface area contributed by atoms with E-state index in [1.807, 2.05) is 17.5 Å². The average molecular weight is 431 g/mol. The van der Waals surface area contributed by atoms with E-state index in [0.717, 1.165) is 4.88 Å². The molecule has 2 aromatic carbocycles. The second kappa shape index (κ2) is 7.80. The van der Waals surface area contributed by atoms with Crippen molar-refractivity contribution in [3.8, 4) is 11.5 Å². The highest BCUT2D eigenvalue weighted by atomic mass is 35.5. The molecule has 7 heteroatoms. The SMILES string of the molecule is O=C(Cc1cccs1)Oc1ccc2c(c1)O/C(=C\c1c(Cl)cccc1Cl)C2=O. The van der Waals surface area contributed by atoms with Crippen LogP contribution < -0.4 is 9.47 Å². The van der Waals surface area contributed by atoms with Crippen molar-refractivity contribution in [3.05, 3.63) is 85.7 Å². The van der Waals surface area contributed by atoms with Crippen molar-refractivity contribution in [1.82, 2.24) is 0 Å². The van der Waals surface area contributed by atoms with Crippen LogP contribution in [0, 0.1) is 0 Å². The Morgan fingerprint density at radius 3 is 2.61 bits per heavy atom. The van der Waals surface area contributed by atoms with Crippen LogP contribution in [0.1, 0.15) is 20.8 Å². The van der Waals surface area contributed by atoms with Crippen LogP contribution in [0.3, 0.4) is 0 Å². The first-order valence-corrected chi connectivity index (χ1v) is 9.90. The summed E-state index contributed by atoms with van der Waals surface area (Å²) in [6, 6.07) is 13.5.